The van der Waals surface area contributed by atoms with Crippen LogP contribution >= 0.6 is 23.4 Å². The van der Waals surface area contributed by atoms with Crippen molar-refractivity contribution in [1.82, 2.24) is 10.6 Å². The molecule has 0 saturated heterocycles. The summed E-state index contributed by atoms with van der Waals surface area (Å²) in [5.74, 6) is -1.83. The number of hydrogen-bond donors (Lipinski definition) is 3. The summed E-state index contributed by atoms with van der Waals surface area (Å²) >= 11 is 7.05. The molecule has 108 valence electrons. The van der Waals surface area contributed by atoms with Crippen LogP contribution in [0, 0.1) is 0 Å². The van der Waals surface area contributed by atoms with Crippen molar-refractivity contribution in [1.29, 1.82) is 0 Å². The van der Waals surface area contributed by atoms with Gasteiger partial charge in [0, 0.05) is 9.92 Å². The molecule has 0 aromatic heterocycles. The maximum atomic E-state index is 11.5. The van der Waals surface area contributed by atoms with E-state index in [4.69, 9.17) is 16.7 Å². The Balaban J connectivity index is 2.21. The summed E-state index contributed by atoms with van der Waals surface area (Å²) < 4.78 is 0. The molecule has 0 aliphatic heterocycles. The SMILES string of the molecule is O=C(O)CNC(=O)CNC(=O)CSc1ccc(Cl)cc1. The number of hydrogen-bond acceptors (Lipinski definition) is 4. The van der Waals surface area contributed by atoms with Crippen LogP contribution in [0.4, 0.5) is 0 Å². The third-order valence-corrected chi connectivity index (χ3v) is 3.33. The highest BCUT2D eigenvalue weighted by atomic mass is 35.5. The van der Waals surface area contributed by atoms with Crippen molar-refractivity contribution >= 4 is 41.1 Å². The lowest BCUT2D eigenvalue weighted by Crippen LogP contribution is -2.39. The molecular weight excluding hydrogens is 304 g/mol. The first kappa shape index (κ1) is 16.3. The first-order valence-electron chi connectivity index (χ1n) is 5.61. The molecule has 0 spiro atoms. The summed E-state index contributed by atoms with van der Waals surface area (Å²) in [6, 6.07) is 7.03. The van der Waals surface area contributed by atoms with E-state index in [9.17, 15) is 14.4 Å². The van der Waals surface area contributed by atoms with E-state index in [1.54, 1.807) is 24.3 Å². The van der Waals surface area contributed by atoms with Crippen LogP contribution in [0.15, 0.2) is 29.2 Å². The highest BCUT2D eigenvalue weighted by Crippen LogP contribution is 2.19. The number of carboxylic acid groups (broad SMARTS) is 1. The van der Waals surface area contributed by atoms with E-state index in [0.29, 0.717) is 5.02 Å². The van der Waals surface area contributed by atoms with E-state index >= 15 is 0 Å². The molecule has 0 heterocycles. The molecule has 0 unspecified atom stereocenters. The molecule has 1 aromatic carbocycles. The van der Waals surface area contributed by atoms with Crippen molar-refractivity contribution in [2.45, 2.75) is 4.90 Å². The molecule has 3 N–H and O–H groups in total. The Morgan fingerprint density at radius 2 is 1.65 bits per heavy atom. The first-order valence-corrected chi connectivity index (χ1v) is 6.97. The van der Waals surface area contributed by atoms with E-state index in [-0.39, 0.29) is 18.2 Å². The van der Waals surface area contributed by atoms with Crippen LogP contribution in [0.5, 0.6) is 0 Å². The number of carboxylic acids is 1. The fraction of sp³-hybridized carbons (Fsp3) is 0.250. The Morgan fingerprint density at radius 3 is 2.25 bits per heavy atom. The molecule has 0 saturated carbocycles. The van der Waals surface area contributed by atoms with Crippen molar-refractivity contribution in [3.05, 3.63) is 29.3 Å². The highest BCUT2D eigenvalue weighted by molar-refractivity contribution is 8.00. The average Bonchev–Trinajstić information content (AvgIpc) is 2.42. The molecule has 0 aliphatic carbocycles. The average molecular weight is 317 g/mol. The third-order valence-electron chi connectivity index (χ3n) is 2.07. The van der Waals surface area contributed by atoms with E-state index < -0.39 is 18.4 Å². The molecule has 0 aliphatic rings. The monoisotopic (exact) mass is 316 g/mol. The largest absolute Gasteiger partial charge is 0.480 e. The van der Waals surface area contributed by atoms with Gasteiger partial charge >= 0.3 is 5.97 Å². The summed E-state index contributed by atoms with van der Waals surface area (Å²) in [5, 5.41) is 13.5. The summed E-state index contributed by atoms with van der Waals surface area (Å²) in [4.78, 5) is 33.7. The van der Waals surface area contributed by atoms with Crippen molar-refractivity contribution in [3.8, 4) is 0 Å². The van der Waals surface area contributed by atoms with Gasteiger partial charge in [-0.3, -0.25) is 14.4 Å². The Labute approximate surface area is 124 Å². The van der Waals surface area contributed by atoms with Gasteiger partial charge in [0.1, 0.15) is 6.54 Å². The minimum absolute atomic E-state index is 0.161. The smallest absolute Gasteiger partial charge is 0.322 e. The molecule has 1 rings (SSSR count). The number of benzene rings is 1. The predicted molar refractivity (Wildman–Crippen MR) is 75.8 cm³/mol. The van der Waals surface area contributed by atoms with E-state index in [1.165, 1.54) is 11.8 Å². The number of halogens is 1. The fourth-order valence-corrected chi connectivity index (χ4v) is 2.00. The van der Waals surface area contributed by atoms with Gasteiger partial charge in [0.25, 0.3) is 0 Å². The van der Waals surface area contributed by atoms with Gasteiger partial charge in [0.05, 0.1) is 12.3 Å². The van der Waals surface area contributed by atoms with Crippen LogP contribution in [0.3, 0.4) is 0 Å². The van der Waals surface area contributed by atoms with Gasteiger partial charge in [-0.05, 0) is 24.3 Å². The van der Waals surface area contributed by atoms with E-state index in [0.717, 1.165) is 4.90 Å². The predicted octanol–water partition coefficient (Wildman–Crippen LogP) is 0.749. The summed E-state index contributed by atoms with van der Waals surface area (Å²) in [5.41, 5.74) is 0. The summed E-state index contributed by atoms with van der Waals surface area (Å²) in [6.07, 6.45) is 0. The van der Waals surface area contributed by atoms with Gasteiger partial charge in [0.2, 0.25) is 11.8 Å². The molecule has 0 bridgehead atoms. The molecular formula is C12H13ClN2O4S. The fourth-order valence-electron chi connectivity index (χ4n) is 1.15. The number of nitrogens with one attached hydrogen (secondary N) is 2. The molecule has 8 heteroatoms. The zero-order chi connectivity index (χ0) is 15.0. The second-order valence-corrected chi connectivity index (χ2v) is 5.17. The minimum atomic E-state index is -1.14. The number of amides is 2. The molecule has 0 fully saturated rings. The Kier molecular flexibility index (Phi) is 6.89. The molecule has 2 amide bonds. The van der Waals surface area contributed by atoms with Gasteiger partial charge in [-0.1, -0.05) is 11.6 Å². The number of carbonyl (C=O) groups excluding carboxylic acids is 2. The van der Waals surface area contributed by atoms with Crippen molar-refractivity contribution < 1.29 is 19.5 Å². The standard InChI is InChI=1S/C12H13ClN2O4S/c13-8-1-3-9(4-2-8)20-7-11(17)14-5-10(16)15-6-12(18)19/h1-4H,5-7H2,(H,14,17)(H,15,16)(H,18,19). The van der Waals surface area contributed by atoms with Crippen LogP contribution < -0.4 is 10.6 Å². The molecule has 0 atom stereocenters. The normalized spacial score (nSPS) is 9.85. The zero-order valence-electron chi connectivity index (χ0n) is 10.4. The molecule has 0 radical (unpaired) electrons. The number of thioether (sulfide) groups is 1. The van der Waals surface area contributed by atoms with Crippen LogP contribution in [0.2, 0.25) is 5.02 Å². The van der Waals surface area contributed by atoms with Gasteiger partial charge in [0.15, 0.2) is 0 Å². The Hall–Kier alpha value is -1.73. The second kappa shape index (κ2) is 8.44. The molecule has 6 nitrogen and oxygen atoms in total. The number of carbonyl (C=O) groups is 3. The third kappa shape index (κ3) is 7.01. The van der Waals surface area contributed by atoms with Crippen LogP contribution in [0.1, 0.15) is 0 Å². The molecule has 1 aromatic rings. The van der Waals surface area contributed by atoms with Crippen molar-refractivity contribution in [2.75, 3.05) is 18.8 Å². The zero-order valence-corrected chi connectivity index (χ0v) is 12.0. The lowest BCUT2D eigenvalue weighted by molar-refractivity contribution is -0.137. The van der Waals surface area contributed by atoms with Crippen LogP contribution in [0.25, 0.3) is 0 Å². The Morgan fingerprint density at radius 1 is 1.05 bits per heavy atom. The van der Waals surface area contributed by atoms with Crippen LogP contribution in [-0.2, 0) is 14.4 Å². The van der Waals surface area contributed by atoms with Crippen LogP contribution in [-0.4, -0.2) is 41.7 Å². The lowest BCUT2D eigenvalue weighted by atomic mass is 10.4. The summed E-state index contributed by atoms with van der Waals surface area (Å²) in [6.45, 7) is -0.707. The quantitative estimate of drug-likeness (QED) is 0.645. The van der Waals surface area contributed by atoms with Gasteiger partial charge in [-0.15, -0.1) is 11.8 Å². The maximum absolute atomic E-state index is 11.5. The van der Waals surface area contributed by atoms with Gasteiger partial charge in [-0.2, -0.15) is 0 Å². The number of aliphatic carboxylic acids is 1. The topological polar surface area (TPSA) is 95.5 Å². The van der Waals surface area contributed by atoms with Crippen molar-refractivity contribution in [2.24, 2.45) is 0 Å². The van der Waals surface area contributed by atoms with Gasteiger partial charge in [-0.25, -0.2) is 0 Å². The van der Waals surface area contributed by atoms with Crippen molar-refractivity contribution in [3.63, 3.8) is 0 Å². The number of rotatable bonds is 7. The van der Waals surface area contributed by atoms with E-state index in [1.807, 2.05) is 0 Å². The highest BCUT2D eigenvalue weighted by Gasteiger charge is 2.07. The lowest BCUT2D eigenvalue weighted by Gasteiger charge is -2.05. The molecule has 20 heavy (non-hydrogen) atoms. The maximum Gasteiger partial charge on any atom is 0.322 e. The minimum Gasteiger partial charge on any atom is -0.480 e. The van der Waals surface area contributed by atoms with E-state index in [2.05, 4.69) is 10.6 Å². The van der Waals surface area contributed by atoms with Gasteiger partial charge < -0.3 is 15.7 Å². The first-order chi connectivity index (χ1) is 9.47. The Bertz CT molecular complexity index is 493. The summed E-state index contributed by atoms with van der Waals surface area (Å²) in [7, 11) is 0. The second-order valence-electron chi connectivity index (χ2n) is 3.69.